The van der Waals surface area contributed by atoms with Gasteiger partial charge < -0.3 is 9.84 Å². The molecule has 0 aliphatic heterocycles. The van der Waals surface area contributed by atoms with E-state index >= 15 is 0 Å². The first-order chi connectivity index (χ1) is 14.6. The molecule has 176 valence electrons. The number of rotatable bonds is 5. The van der Waals surface area contributed by atoms with Crippen molar-refractivity contribution in [3.63, 3.8) is 0 Å². The molecular formula is C29H42O3. The number of phenols is 1. The van der Waals surface area contributed by atoms with E-state index in [2.05, 4.69) is 73.6 Å². The Balaban J connectivity index is 2.82. The molecule has 2 rings (SSSR count). The topological polar surface area (TPSA) is 46.5 Å². The quantitative estimate of drug-likeness (QED) is 0.384. The number of carbonyl (C=O) groups excluding carboxylic acids is 1. The highest BCUT2D eigenvalue weighted by Gasteiger charge is 2.31. The summed E-state index contributed by atoms with van der Waals surface area (Å²) in [4.78, 5) is 12.9. The Morgan fingerprint density at radius 3 is 1.81 bits per heavy atom. The van der Waals surface area contributed by atoms with E-state index in [9.17, 15) is 9.90 Å². The second-order valence-electron chi connectivity index (χ2n) is 11.3. The number of aromatic hydroxyl groups is 1. The van der Waals surface area contributed by atoms with Crippen LogP contribution in [0.15, 0.2) is 24.3 Å². The summed E-state index contributed by atoms with van der Waals surface area (Å²) >= 11 is 0. The maximum Gasteiger partial charge on any atom is 0.314 e. The second kappa shape index (κ2) is 9.29. The van der Waals surface area contributed by atoms with Gasteiger partial charge in [0, 0.05) is 22.6 Å². The first-order valence-corrected chi connectivity index (χ1v) is 11.8. The van der Waals surface area contributed by atoms with E-state index in [0.717, 1.165) is 39.8 Å². The number of carbonyl (C=O) groups is 1. The molecule has 0 saturated carbocycles. The van der Waals surface area contributed by atoms with E-state index in [4.69, 9.17) is 4.74 Å². The minimum atomic E-state index is -0.207. The second-order valence-corrected chi connectivity index (χ2v) is 11.3. The van der Waals surface area contributed by atoms with Crippen LogP contribution in [-0.2, 0) is 15.6 Å². The fourth-order valence-corrected chi connectivity index (χ4v) is 4.31. The molecule has 0 aliphatic rings. The number of hydrogen-bond donors (Lipinski definition) is 1. The van der Waals surface area contributed by atoms with Crippen LogP contribution in [0.25, 0.3) is 0 Å². The summed E-state index contributed by atoms with van der Waals surface area (Å²) in [6.07, 6.45) is 0.730. The summed E-state index contributed by atoms with van der Waals surface area (Å²) in [7, 11) is 0. The van der Waals surface area contributed by atoms with Gasteiger partial charge >= 0.3 is 5.97 Å². The minimum absolute atomic E-state index is 0.140. The average Bonchev–Trinajstić information content (AvgIpc) is 2.65. The van der Waals surface area contributed by atoms with E-state index in [1.54, 1.807) is 0 Å². The van der Waals surface area contributed by atoms with E-state index in [0.29, 0.717) is 11.5 Å². The molecular weight excluding hydrogens is 396 g/mol. The normalized spacial score (nSPS) is 14.2. The first-order valence-electron chi connectivity index (χ1n) is 11.8. The molecule has 2 aromatic carbocycles. The van der Waals surface area contributed by atoms with Crippen molar-refractivity contribution >= 4 is 5.97 Å². The molecule has 0 heterocycles. The SMILES string of the molecule is CCC(C)C(=O)Oc1c(C(C)(C)C)ccc(C)c1C(C)c1c(C)ccc(C(C)(C)C)c1O. The summed E-state index contributed by atoms with van der Waals surface area (Å²) in [5.41, 5.74) is 5.50. The van der Waals surface area contributed by atoms with Gasteiger partial charge in [0.2, 0.25) is 0 Å². The Bertz CT molecular complexity index is 987. The molecule has 0 spiro atoms. The van der Waals surface area contributed by atoms with Crippen molar-refractivity contribution in [1.29, 1.82) is 0 Å². The van der Waals surface area contributed by atoms with Gasteiger partial charge in [0.25, 0.3) is 0 Å². The zero-order valence-corrected chi connectivity index (χ0v) is 21.9. The van der Waals surface area contributed by atoms with Gasteiger partial charge in [-0.3, -0.25) is 4.79 Å². The molecule has 0 bridgehead atoms. The number of hydrogen-bond acceptors (Lipinski definition) is 3. The summed E-state index contributed by atoms with van der Waals surface area (Å²) in [6.45, 7) is 22.8. The average molecular weight is 439 g/mol. The first kappa shape index (κ1) is 26.0. The van der Waals surface area contributed by atoms with Crippen molar-refractivity contribution in [2.75, 3.05) is 0 Å². The lowest BCUT2D eigenvalue weighted by Gasteiger charge is -2.30. The summed E-state index contributed by atoms with van der Waals surface area (Å²) in [5, 5.41) is 11.3. The Morgan fingerprint density at radius 2 is 1.34 bits per heavy atom. The van der Waals surface area contributed by atoms with Crippen LogP contribution in [0, 0.1) is 19.8 Å². The van der Waals surface area contributed by atoms with Crippen molar-refractivity contribution in [2.24, 2.45) is 5.92 Å². The van der Waals surface area contributed by atoms with Gasteiger partial charge in [0.05, 0.1) is 5.92 Å². The molecule has 3 nitrogen and oxygen atoms in total. The molecule has 3 heteroatoms. The molecule has 2 unspecified atom stereocenters. The van der Waals surface area contributed by atoms with Gasteiger partial charge in [-0.1, -0.05) is 86.6 Å². The lowest BCUT2D eigenvalue weighted by atomic mass is 9.77. The van der Waals surface area contributed by atoms with Gasteiger partial charge in [-0.05, 0) is 47.8 Å². The van der Waals surface area contributed by atoms with Gasteiger partial charge in [0.15, 0.2) is 0 Å². The van der Waals surface area contributed by atoms with Crippen molar-refractivity contribution in [3.8, 4) is 11.5 Å². The largest absolute Gasteiger partial charge is 0.507 e. The van der Waals surface area contributed by atoms with E-state index in [1.807, 2.05) is 26.8 Å². The third kappa shape index (κ3) is 5.19. The standard InChI is InChI=1S/C29H42O3/c1-12-17(2)27(31)32-26-22(29(9,10)11)16-14-19(4)24(26)20(5)23-18(3)13-15-21(25(23)30)28(6,7)8/h13-17,20,30H,12H2,1-11H3. The Hall–Kier alpha value is -2.29. The van der Waals surface area contributed by atoms with Crippen LogP contribution in [0.5, 0.6) is 11.5 Å². The minimum Gasteiger partial charge on any atom is -0.507 e. The highest BCUT2D eigenvalue weighted by atomic mass is 16.5. The highest BCUT2D eigenvalue weighted by Crippen LogP contribution is 2.46. The fraction of sp³-hybridized carbons (Fsp3) is 0.552. The molecule has 0 aliphatic carbocycles. The summed E-state index contributed by atoms with van der Waals surface area (Å²) < 4.78 is 6.14. The maximum absolute atomic E-state index is 12.9. The van der Waals surface area contributed by atoms with Crippen molar-refractivity contribution in [1.82, 2.24) is 0 Å². The molecule has 1 N–H and O–H groups in total. The smallest absolute Gasteiger partial charge is 0.314 e. The van der Waals surface area contributed by atoms with E-state index in [1.165, 1.54) is 0 Å². The number of esters is 1. The van der Waals surface area contributed by atoms with Crippen molar-refractivity contribution in [2.45, 2.75) is 99.3 Å². The Morgan fingerprint density at radius 1 is 0.875 bits per heavy atom. The van der Waals surface area contributed by atoms with Crippen LogP contribution in [0.3, 0.4) is 0 Å². The van der Waals surface area contributed by atoms with Gasteiger partial charge in [0.1, 0.15) is 11.5 Å². The van der Waals surface area contributed by atoms with Crippen LogP contribution in [0.4, 0.5) is 0 Å². The van der Waals surface area contributed by atoms with Crippen molar-refractivity contribution < 1.29 is 14.6 Å². The van der Waals surface area contributed by atoms with Crippen LogP contribution in [-0.4, -0.2) is 11.1 Å². The number of aryl methyl sites for hydroxylation is 2. The lowest BCUT2D eigenvalue weighted by Crippen LogP contribution is -2.23. The van der Waals surface area contributed by atoms with Gasteiger partial charge in [-0.15, -0.1) is 0 Å². The fourth-order valence-electron chi connectivity index (χ4n) is 4.31. The Kier molecular flexibility index (Phi) is 7.54. The highest BCUT2D eigenvalue weighted by molar-refractivity contribution is 5.76. The van der Waals surface area contributed by atoms with Crippen LogP contribution < -0.4 is 4.74 Å². The van der Waals surface area contributed by atoms with E-state index in [-0.39, 0.29) is 28.6 Å². The third-order valence-electron chi connectivity index (χ3n) is 6.55. The zero-order valence-electron chi connectivity index (χ0n) is 21.9. The van der Waals surface area contributed by atoms with Crippen LogP contribution >= 0.6 is 0 Å². The molecule has 32 heavy (non-hydrogen) atoms. The molecule has 0 amide bonds. The molecule has 0 radical (unpaired) electrons. The predicted molar refractivity (Wildman–Crippen MR) is 134 cm³/mol. The number of phenolic OH excluding ortho intramolecular Hbond substituents is 1. The van der Waals surface area contributed by atoms with Gasteiger partial charge in [-0.2, -0.15) is 0 Å². The Labute approximate surface area is 195 Å². The van der Waals surface area contributed by atoms with E-state index < -0.39 is 0 Å². The molecule has 0 aromatic heterocycles. The molecule has 2 aromatic rings. The van der Waals surface area contributed by atoms with Crippen LogP contribution in [0.2, 0.25) is 0 Å². The number of benzene rings is 2. The molecule has 2 atom stereocenters. The lowest BCUT2D eigenvalue weighted by molar-refractivity contribution is -0.138. The summed E-state index contributed by atoms with van der Waals surface area (Å²) in [6, 6.07) is 8.28. The molecule has 0 saturated heterocycles. The molecule has 0 fully saturated rings. The zero-order chi connectivity index (χ0) is 24.6. The monoisotopic (exact) mass is 438 g/mol. The maximum atomic E-state index is 12.9. The van der Waals surface area contributed by atoms with Crippen LogP contribution in [0.1, 0.15) is 108 Å². The van der Waals surface area contributed by atoms with Gasteiger partial charge in [-0.25, -0.2) is 0 Å². The number of ether oxygens (including phenoxy) is 1. The predicted octanol–water partition coefficient (Wildman–Crippen LogP) is 7.71. The third-order valence-corrected chi connectivity index (χ3v) is 6.55. The van der Waals surface area contributed by atoms with Crippen molar-refractivity contribution in [3.05, 3.63) is 57.6 Å². The summed E-state index contributed by atoms with van der Waals surface area (Å²) in [5.74, 6) is 0.464.